The third-order valence-corrected chi connectivity index (χ3v) is 5.47. The number of likely N-dealkylation sites (N-methyl/N-ethyl adjacent to an activating group) is 1. The molecule has 1 saturated heterocycles. The lowest BCUT2D eigenvalue weighted by Gasteiger charge is -2.30. The van der Waals surface area contributed by atoms with Crippen LogP contribution in [0.25, 0.3) is 0 Å². The maximum Gasteiger partial charge on any atom is 0.523 e. The first kappa shape index (κ1) is 26.1. The van der Waals surface area contributed by atoms with Gasteiger partial charge in [0.05, 0.1) is 6.10 Å². The van der Waals surface area contributed by atoms with Gasteiger partial charge in [0.1, 0.15) is 0 Å². The van der Waals surface area contributed by atoms with Crippen LogP contribution in [0, 0.1) is 6.92 Å². The predicted octanol–water partition coefficient (Wildman–Crippen LogP) is 5.39. The van der Waals surface area contributed by atoms with Gasteiger partial charge in [0, 0.05) is 13.1 Å². The van der Waals surface area contributed by atoms with Gasteiger partial charge in [-0.15, -0.1) is 0 Å². The van der Waals surface area contributed by atoms with Gasteiger partial charge in [0.15, 0.2) is 0 Å². The van der Waals surface area contributed by atoms with Gasteiger partial charge in [-0.3, -0.25) is 4.18 Å². The fourth-order valence-corrected chi connectivity index (χ4v) is 3.27. The second-order valence-corrected chi connectivity index (χ2v) is 8.56. The van der Waals surface area contributed by atoms with Gasteiger partial charge >= 0.3 is 15.6 Å². The van der Waals surface area contributed by atoms with Crippen LogP contribution >= 0.6 is 0 Å². The summed E-state index contributed by atoms with van der Waals surface area (Å²) < 4.78 is 62.8. The Labute approximate surface area is 177 Å². The SMILES string of the molecule is C/C=C\C.CN1CCC2=CCC(OS(=O)(=O)C(F)(F)F)C=C2C1.Cc1ccccc1. The Morgan fingerprint density at radius 2 is 1.70 bits per heavy atom. The number of hydrogen-bond acceptors (Lipinski definition) is 4. The molecule has 30 heavy (non-hydrogen) atoms. The molecule has 0 amide bonds. The van der Waals surface area contributed by atoms with E-state index in [1.165, 1.54) is 11.6 Å². The number of hydrogen-bond donors (Lipinski definition) is 0. The van der Waals surface area contributed by atoms with Gasteiger partial charge in [-0.05, 0) is 57.9 Å². The van der Waals surface area contributed by atoms with E-state index >= 15 is 0 Å². The predicted molar refractivity (Wildman–Crippen MR) is 114 cm³/mol. The van der Waals surface area contributed by atoms with E-state index in [0.29, 0.717) is 6.54 Å². The van der Waals surface area contributed by atoms with Crippen molar-refractivity contribution in [1.29, 1.82) is 0 Å². The smallest absolute Gasteiger partial charge is 0.302 e. The normalized spacial score (nSPS) is 19.5. The van der Waals surface area contributed by atoms with Crippen LogP contribution in [0.3, 0.4) is 0 Å². The van der Waals surface area contributed by atoms with Crippen LogP contribution in [0.2, 0.25) is 0 Å². The highest BCUT2D eigenvalue weighted by Gasteiger charge is 2.48. The molecule has 0 N–H and O–H groups in total. The zero-order chi connectivity index (χ0) is 22.8. The molecular formula is C22H30F3NO3S. The molecule has 1 fully saturated rings. The van der Waals surface area contributed by atoms with Crippen molar-refractivity contribution in [2.45, 2.75) is 45.2 Å². The number of nitrogens with zero attached hydrogens (tertiary/aromatic N) is 1. The van der Waals surface area contributed by atoms with Gasteiger partial charge in [-0.1, -0.05) is 54.1 Å². The molecule has 1 aromatic carbocycles. The minimum absolute atomic E-state index is 0.151. The summed E-state index contributed by atoms with van der Waals surface area (Å²) >= 11 is 0. The van der Waals surface area contributed by atoms with E-state index in [0.717, 1.165) is 24.1 Å². The van der Waals surface area contributed by atoms with Crippen molar-refractivity contribution < 1.29 is 25.8 Å². The monoisotopic (exact) mass is 445 g/mol. The molecule has 0 bridgehead atoms. The number of aryl methyl sites for hydroxylation is 1. The fourth-order valence-electron chi connectivity index (χ4n) is 2.71. The van der Waals surface area contributed by atoms with Crippen molar-refractivity contribution in [2.75, 3.05) is 20.1 Å². The second kappa shape index (κ2) is 12.1. The molecule has 8 heteroatoms. The summed E-state index contributed by atoms with van der Waals surface area (Å²) in [6.07, 6.45) is 7.14. The Balaban J connectivity index is 0.000000336. The van der Waals surface area contributed by atoms with Gasteiger partial charge in [0.2, 0.25) is 0 Å². The number of likely N-dealkylation sites (tertiary alicyclic amines) is 1. The van der Waals surface area contributed by atoms with Gasteiger partial charge < -0.3 is 4.90 Å². The van der Waals surface area contributed by atoms with Crippen molar-refractivity contribution in [3.63, 3.8) is 0 Å². The van der Waals surface area contributed by atoms with Crippen LogP contribution in [-0.4, -0.2) is 45.1 Å². The summed E-state index contributed by atoms with van der Waals surface area (Å²) in [6, 6.07) is 10.3. The molecule has 1 aliphatic heterocycles. The topological polar surface area (TPSA) is 46.6 Å². The summed E-state index contributed by atoms with van der Waals surface area (Å²) in [6.45, 7) is 7.56. The molecule has 4 nitrogen and oxygen atoms in total. The van der Waals surface area contributed by atoms with E-state index in [1.807, 2.05) is 56.1 Å². The molecule has 1 heterocycles. The van der Waals surface area contributed by atoms with E-state index in [4.69, 9.17) is 0 Å². The Morgan fingerprint density at radius 1 is 1.10 bits per heavy atom. The lowest BCUT2D eigenvalue weighted by Crippen LogP contribution is -2.33. The molecule has 0 spiro atoms. The molecular weight excluding hydrogens is 415 g/mol. The van der Waals surface area contributed by atoms with Gasteiger partial charge in [0.25, 0.3) is 0 Å². The highest BCUT2D eigenvalue weighted by molar-refractivity contribution is 7.87. The highest BCUT2D eigenvalue weighted by atomic mass is 32.2. The molecule has 3 rings (SSSR count). The first-order valence-electron chi connectivity index (χ1n) is 9.67. The van der Waals surface area contributed by atoms with Gasteiger partial charge in [-0.2, -0.15) is 21.6 Å². The molecule has 1 aliphatic carbocycles. The number of rotatable bonds is 2. The van der Waals surface area contributed by atoms with E-state index in [2.05, 4.69) is 23.2 Å². The van der Waals surface area contributed by atoms with Crippen LogP contribution in [0.15, 0.2) is 65.8 Å². The summed E-state index contributed by atoms with van der Waals surface area (Å²) in [5.74, 6) is 0. The van der Waals surface area contributed by atoms with Crippen LogP contribution < -0.4 is 0 Å². The van der Waals surface area contributed by atoms with E-state index in [9.17, 15) is 21.6 Å². The zero-order valence-corrected chi connectivity index (χ0v) is 18.6. The Bertz CT molecular complexity index is 840. The lowest BCUT2D eigenvalue weighted by molar-refractivity contribution is -0.0559. The summed E-state index contributed by atoms with van der Waals surface area (Å²) in [7, 11) is -3.64. The Hall–Kier alpha value is -1.90. The van der Waals surface area contributed by atoms with E-state index in [1.54, 1.807) is 6.08 Å². The Morgan fingerprint density at radius 3 is 2.17 bits per heavy atom. The second-order valence-electron chi connectivity index (χ2n) is 7.00. The summed E-state index contributed by atoms with van der Waals surface area (Å²) in [4.78, 5) is 2.02. The van der Waals surface area contributed by atoms with Crippen LogP contribution in [0.1, 0.15) is 32.3 Å². The molecule has 168 valence electrons. The average Bonchev–Trinajstić information content (AvgIpc) is 2.68. The molecule has 0 aromatic heterocycles. The number of allylic oxidation sites excluding steroid dienone is 2. The molecule has 1 atom stereocenters. The standard InChI is InChI=1S/C11H14F3NO3S.C7H8.C4H8/c1-15-5-4-8-2-3-10(6-9(8)7-15)18-19(16,17)11(12,13)14;1-7-5-3-2-4-6-7;1-3-4-2/h2,6,10H,3-5,7H2,1H3;2-6H,1H3;3-4H,1-2H3/b;;4-3-. The van der Waals surface area contributed by atoms with Crippen LogP contribution in [0.4, 0.5) is 13.2 Å². The average molecular weight is 446 g/mol. The van der Waals surface area contributed by atoms with Crippen molar-refractivity contribution in [3.05, 3.63) is 71.3 Å². The minimum Gasteiger partial charge on any atom is -0.302 e. The zero-order valence-electron chi connectivity index (χ0n) is 17.8. The number of piperidine rings is 1. The molecule has 0 saturated carbocycles. The van der Waals surface area contributed by atoms with Crippen LogP contribution in [-0.2, 0) is 14.3 Å². The van der Waals surface area contributed by atoms with Crippen molar-refractivity contribution in [2.24, 2.45) is 0 Å². The maximum atomic E-state index is 12.2. The van der Waals surface area contributed by atoms with E-state index < -0.39 is 21.7 Å². The van der Waals surface area contributed by atoms with Gasteiger partial charge in [-0.25, -0.2) is 0 Å². The van der Waals surface area contributed by atoms with E-state index in [-0.39, 0.29) is 6.42 Å². The third-order valence-electron chi connectivity index (χ3n) is 4.41. The van der Waals surface area contributed by atoms with Crippen LogP contribution in [0.5, 0.6) is 0 Å². The fraction of sp³-hybridized carbons (Fsp3) is 0.455. The third kappa shape index (κ3) is 8.85. The number of alkyl halides is 3. The number of halogens is 3. The molecule has 0 radical (unpaired) electrons. The Kier molecular flexibility index (Phi) is 10.5. The first-order valence-corrected chi connectivity index (χ1v) is 11.1. The molecule has 2 aliphatic rings. The largest absolute Gasteiger partial charge is 0.523 e. The molecule has 1 aromatic rings. The van der Waals surface area contributed by atoms with Crippen molar-refractivity contribution in [3.8, 4) is 0 Å². The minimum atomic E-state index is -5.54. The number of fused-ring (bicyclic) bond motifs is 1. The lowest BCUT2D eigenvalue weighted by atomic mass is 9.91. The summed E-state index contributed by atoms with van der Waals surface area (Å²) in [5.41, 5.74) is -2.13. The summed E-state index contributed by atoms with van der Waals surface area (Å²) in [5, 5.41) is 0. The first-order chi connectivity index (χ1) is 14.0. The van der Waals surface area contributed by atoms with Crippen molar-refractivity contribution in [1.82, 2.24) is 4.90 Å². The number of benzene rings is 1. The quantitative estimate of drug-likeness (QED) is 0.348. The molecule has 1 unspecified atom stereocenters. The highest BCUT2D eigenvalue weighted by Crippen LogP contribution is 2.31. The maximum absolute atomic E-state index is 12.2. The van der Waals surface area contributed by atoms with Crippen molar-refractivity contribution >= 4 is 10.1 Å².